The average Bonchev–Trinajstić information content (AvgIpc) is 3.42. The van der Waals surface area contributed by atoms with Gasteiger partial charge in [0.05, 0.1) is 28.6 Å². The van der Waals surface area contributed by atoms with Crippen molar-refractivity contribution in [3.8, 4) is 23.0 Å². The van der Waals surface area contributed by atoms with Crippen molar-refractivity contribution in [2.75, 3.05) is 11.9 Å². The molecule has 0 bridgehead atoms. The molecule has 1 atom stereocenters. The highest BCUT2D eigenvalue weighted by Gasteiger charge is 2.17. The molecule has 0 amide bonds. The Bertz CT molecular complexity index is 1230. The van der Waals surface area contributed by atoms with Gasteiger partial charge in [-0.05, 0) is 56.2 Å². The highest BCUT2D eigenvalue weighted by Crippen LogP contribution is 2.33. The number of hydrogen-bond donors (Lipinski definition) is 3. The molecule has 3 N–H and O–H groups in total. The quantitative estimate of drug-likeness (QED) is 0.316. The number of aromatic amines is 1. The van der Waals surface area contributed by atoms with Gasteiger partial charge in [0.25, 0.3) is 0 Å². The molecule has 1 aliphatic rings. The van der Waals surface area contributed by atoms with Gasteiger partial charge in [0.15, 0.2) is 11.0 Å². The second kappa shape index (κ2) is 9.49. The van der Waals surface area contributed by atoms with Crippen molar-refractivity contribution >= 4 is 26.7 Å². The van der Waals surface area contributed by atoms with E-state index in [1.807, 2.05) is 30.3 Å². The van der Waals surface area contributed by atoms with Gasteiger partial charge in [-0.25, -0.2) is 9.97 Å². The molecule has 8 heteroatoms. The summed E-state index contributed by atoms with van der Waals surface area (Å²) in [5.74, 6) is 2.77. The number of aryl methyl sites for hydroxylation is 2. The van der Waals surface area contributed by atoms with Gasteiger partial charge in [0.2, 0.25) is 0 Å². The molecule has 33 heavy (non-hydrogen) atoms. The predicted octanol–water partition coefficient (Wildman–Crippen LogP) is 5.57. The molecule has 0 fully saturated rings. The van der Waals surface area contributed by atoms with E-state index in [2.05, 4.69) is 34.1 Å². The lowest BCUT2D eigenvalue weighted by Gasteiger charge is -2.17. The van der Waals surface area contributed by atoms with Crippen LogP contribution in [-0.4, -0.2) is 37.7 Å². The van der Waals surface area contributed by atoms with Crippen LogP contribution in [0.4, 0.5) is 5.13 Å². The minimum absolute atomic E-state index is 0.00351. The first kappa shape index (κ1) is 21.9. The fourth-order valence-electron chi connectivity index (χ4n) is 4.27. The number of anilines is 1. The number of benzene rings is 1. The first-order valence-electron chi connectivity index (χ1n) is 11.6. The first-order valence-corrected chi connectivity index (χ1v) is 12.4. The van der Waals surface area contributed by atoms with Gasteiger partial charge in [-0.1, -0.05) is 25.2 Å². The Balaban J connectivity index is 1.33. The first-order chi connectivity index (χ1) is 16.1. The number of hydrogen-bond acceptors (Lipinski definition) is 7. The fourth-order valence-corrected chi connectivity index (χ4v) is 5.24. The average molecular weight is 464 g/mol. The van der Waals surface area contributed by atoms with Gasteiger partial charge < -0.3 is 20.1 Å². The van der Waals surface area contributed by atoms with E-state index >= 15 is 0 Å². The number of aliphatic hydroxyl groups excluding tert-OH is 1. The molecule has 1 aromatic carbocycles. The van der Waals surface area contributed by atoms with Crippen LogP contribution in [0.1, 0.15) is 44.5 Å². The molecule has 0 saturated carbocycles. The van der Waals surface area contributed by atoms with E-state index in [4.69, 9.17) is 9.72 Å². The number of ether oxygens (including phenoxy) is 1. The maximum atomic E-state index is 9.65. The number of nitrogens with zero attached hydrogens (tertiary/aromatic N) is 3. The van der Waals surface area contributed by atoms with Crippen LogP contribution in [0, 0.1) is 5.92 Å². The molecule has 1 aliphatic carbocycles. The van der Waals surface area contributed by atoms with Gasteiger partial charge in [-0.3, -0.25) is 4.98 Å². The number of nitrogens with one attached hydrogen (secondary N) is 2. The van der Waals surface area contributed by atoms with Crippen LogP contribution in [0.15, 0.2) is 36.5 Å². The van der Waals surface area contributed by atoms with Crippen LogP contribution in [0.2, 0.25) is 0 Å². The maximum Gasteiger partial charge on any atom is 0.184 e. The summed E-state index contributed by atoms with van der Waals surface area (Å²) in [5, 5.41) is 13.8. The van der Waals surface area contributed by atoms with Crippen molar-refractivity contribution in [1.29, 1.82) is 0 Å². The minimum atomic E-state index is 0.00351. The zero-order valence-electron chi connectivity index (χ0n) is 19.0. The molecular formula is C25H29N5O2S. The number of rotatable bonds is 8. The van der Waals surface area contributed by atoms with Crippen LogP contribution < -0.4 is 10.1 Å². The second-order valence-corrected chi connectivity index (χ2v) is 10.0. The minimum Gasteiger partial charge on any atom is -0.457 e. The number of aromatic nitrogens is 4. The molecular weight excluding hydrogens is 434 g/mol. The predicted molar refractivity (Wildman–Crippen MR) is 132 cm³/mol. The zero-order valence-corrected chi connectivity index (χ0v) is 19.8. The summed E-state index contributed by atoms with van der Waals surface area (Å²) >= 11 is 1.57. The van der Waals surface area contributed by atoms with Gasteiger partial charge in [-0.15, -0.1) is 0 Å². The lowest BCUT2D eigenvalue weighted by atomic mass is 10.0. The normalized spacial score (nSPS) is 14.4. The molecule has 5 rings (SSSR count). The summed E-state index contributed by atoms with van der Waals surface area (Å²) in [6.45, 7) is 4.39. The topological polar surface area (TPSA) is 95.9 Å². The zero-order chi connectivity index (χ0) is 22.8. The SMILES string of the molecule is CC(C)CC(CO)Nc1nc2ccc(Oc3ccnc(-c4nc5c([nH]4)CCCC5)c3)cc2s1. The van der Waals surface area contributed by atoms with Crippen molar-refractivity contribution in [3.63, 3.8) is 0 Å². The van der Waals surface area contributed by atoms with Crippen molar-refractivity contribution in [2.45, 2.75) is 52.0 Å². The molecule has 0 radical (unpaired) electrons. The molecule has 4 aromatic rings. The third kappa shape index (κ3) is 5.02. The molecule has 0 saturated heterocycles. The number of pyridine rings is 1. The molecule has 1 unspecified atom stereocenters. The Hall–Kier alpha value is -2.97. The van der Waals surface area contributed by atoms with E-state index in [0.29, 0.717) is 11.7 Å². The molecule has 172 valence electrons. The van der Waals surface area contributed by atoms with E-state index in [9.17, 15) is 5.11 Å². The monoisotopic (exact) mass is 463 g/mol. The fraction of sp³-hybridized carbons (Fsp3) is 0.400. The third-order valence-corrected chi connectivity index (χ3v) is 6.78. The van der Waals surface area contributed by atoms with E-state index < -0.39 is 0 Å². The number of imidazole rings is 1. The molecule has 3 aromatic heterocycles. The number of H-pyrrole nitrogens is 1. The van der Waals surface area contributed by atoms with Crippen LogP contribution in [0.3, 0.4) is 0 Å². The van der Waals surface area contributed by atoms with Gasteiger partial charge in [0.1, 0.15) is 17.2 Å². The van der Waals surface area contributed by atoms with E-state index in [-0.39, 0.29) is 12.6 Å². The summed E-state index contributed by atoms with van der Waals surface area (Å²) in [5.41, 5.74) is 4.10. The summed E-state index contributed by atoms with van der Waals surface area (Å²) in [7, 11) is 0. The van der Waals surface area contributed by atoms with Crippen molar-refractivity contribution in [3.05, 3.63) is 47.9 Å². The van der Waals surface area contributed by atoms with E-state index in [1.54, 1.807) is 17.5 Å². The highest BCUT2D eigenvalue weighted by molar-refractivity contribution is 7.22. The number of aliphatic hydroxyl groups is 1. The lowest BCUT2D eigenvalue weighted by Crippen LogP contribution is -2.25. The van der Waals surface area contributed by atoms with E-state index in [0.717, 1.165) is 51.9 Å². The Labute approximate surface area is 197 Å². The second-order valence-electron chi connectivity index (χ2n) is 9.00. The van der Waals surface area contributed by atoms with Crippen molar-refractivity contribution in [1.82, 2.24) is 19.9 Å². The maximum absolute atomic E-state index is 9.65. The van der Waals surface area contributed by atoms with Crippen LogP contribution in [0.25, 0.3) is 21.7 Å². The van der Waals surface area contributed by atoms with Gasteiger partial charge in [0, 0.05) is 24.0 Å². The Morgan fingerprint density at radius 3 is 2.79 bits per heavy atom. The smallest absolute Gasteiger partial charge is 0.184 e. The van der Waals surface area contributed by atoms with E-state index in [1.165, 1.54) is 24.2 Å². The highest BCUT2D eigenvalue weighted by atomic mass is 32.1. The van der Waals surface area contributed by atoms with Crippen LogP contribution in [0.5, 0.6) is 11.5 Å². The summed E-state index contributed by atoms with van der Waals surface area (Å²) in [6, 6.07) is 9.67. The molecule has 0 spiro atoms. The third-order valence-electron chi connectivity index (χ3n) is 5.83. The Morgan fingerprint density at radius 2 is 1.97 bits per heavy atom. The van der Waals surface area contributed by atoms with Crippen LogP contribution >= 0.6 is 11.3 Å². The lowest BCUT2D eigenvalue weighted by molar-refractivity contribution is 0.259. The summed E-state index contributed by atoms with van der Waals surface area (Å²) in [6.07, 6.45) is 7.14. The summed E-state index contributed by atoms with van der Waals surface area (Å²) < 4.78 is 7.18. The van der Waals surface area contributed by atoms with Gasteiger partial charge >= 0.3 is 0 Å². The van der Waals surface area contributed by atoms with Crippen LogP contribution in [-0.2, 0) is 12.8 Å². The Morgan fingerprint density at radius 1 is 1.12 bits per heavy atom. The van der Waals surface area contributed by atoms with Crippen molar-refractivity contribution in [2.24, 2.45) is 5.92 Å². The summed E-state index contributed by atoms with van der Waals surface area (Å²) in [4.78, 5) is 17.3. The largest absolute Gasteiger partial charge is 0.457 e. The standard InChI is InChI=1S/C25H29N5O2S/c1-15(2)11-16(14-31)27-25-30-21-8-7-17(13-23(21)33-25)32-18-9-10-26-22(12-18)24-28-19-5-3-4-6-20(19)29-24/h7-10,12-13,15-16,31H,3-6,11,14H2,1-2H3,(H,27,30)(H,28,29). The molecule has 7 nitrogen and oxygen atoms in total. The molecule has 0 aliphatic heterocycles. The Kier molecular flexibility index (Phi) is 6.28. The molecule has 3 heterocycles. The van der Waals surface area contributed by atoms with Crippen molar-refractivity contribution < 1.29 is 9.84 Å². The number of thiazole rings is 1. The number of fused-ring (bicyclic) bond motifs is 2. The van der Waals surface area contributed by atoms with Gasteiger partial charge in [-0.2, -0.15) is 0 Å².